The van der Waals surface area contributed by atoms with Crippen molar-refractivity contribution in [3.63, 3.8) is 0 Å². The van der Waals surface area contributed by atoms with Crippen LogP contribution in [0.25, 0.3) is 6.08 Å². The molecule has 0 saturated heterocycles. The molecule has 1 aromatic carbocycles. The standard InChI is InChI=1S/C9H9N3O2/c10-11-7-3-5-8-4-1-2-6-9(8)12(13)14/h1-7H,10H2. The zero-order chi connectivity index (χ0) is 10.4. The Hall–Kier alpha value is -2.17. The van der Waals surface area contributed by atoms with Crippen LogP contribution < -0.4 is 5.84 Å². The van der Waals surface area contributed by atoms with Gasteiger partial charge < -0.3 is 5.84 Å². The second kappa shape index (κ2) is 4.76. The number of nitrogens with two attached hydrogens (primary N) is 1. The SMILES string of the molecule is NN=CC=Cc1ccccc1[N+](=O)[O-]. The molecule has 0 heterocycles. The van der Waals surface area contributed by atoms with Gasteiger partial charge in [-0.05, 0) is 18.2 Å². The molecule has 5 nitrogen and oxygen atoms in total. The van der Waals surface area contributed by atoms with Crippen molar-refractivity contribution < 1.29 is 4.92 Å². The van der Waals surface area contributed by atoms with Crippen molar-refractivity contribution >= 4 is 18.0 Å². The van der Waals surface area contributed by atoms with E-state index in [1.54, 1.807) is 30.4 Å². The van der Waals surface area contributed by atoms with E-state index in [1.165, 1.54) is 12.3 Å². The number of benzene rings is 1. The molecular formula is C9H9N3O2. The largest absolute Gasteiger partial charge is 0.323 e. The highest BCUT2D eigenvalue weighted by Crippen LogP contribution is 2.18. The van der Waals surface area contributed by atoms with Crippen molar-refractivity contribution in [2.45, 2.75) is 0 Å². The Balaban J connectivity index is 3.01. The molecule has 2 N–H and O–H groups in total. The van der Waals surface area contributed by atoms with Gasteiger partial charge in [-0.2, -0.15) is 5.10 Å². The van der Waals surface area contributed by atoms with E-state index in [1.807, 2.05) is 0 Å². The van der Waals surface area contributed by atoms with Gasteiger partial charge in [0.2, 0.25) is 0 Å². The van der Waals surface area contributed by atoms with E-state index >= 15 is 0 Å². The number of nitro groups is 1. The first-order chi connectivity index (χ1) is 6.75. The summed E-state index contributed by atoms with van der Waals surface area (Å²) in [5.41, 5.74) is 0.589. The minimum atomic E-state index is -0.431. The Bertz CT molecular complexity index is 385. The maximum Gasteiger partial charge on any atom is 0.276 e. The first-order valence-electron chi connectivity index (χ1n) is 3.89. The Labute approximate surface area is 80.7 Å². The maximum absolute atomic E-state index is 10.6. The molecule has 0 aliphatic heterocycles. The fourth-order valence-electron chi connectivity index (χ4n) is 0.991. The van der Waals surface area contributed by atoms with E-state index in [0.29, 0.717) is 5.56 Å². The van der Waals surface area contributed by atoms with Gasteiger partial charge in [-0.3, -0.25) is 10.1 Å². The lowest BCUT2D eigenvalue weighted by atomic mass is 10.2. The number of nitrogens with zero attached hydrogens (tertiary/aromatic N) is 2. The molecule has 0 aliphatic carbocycles. The van der Waals surface area contributed by atoms with Crippen LogP contribution in [0.2, 0.25) is 0 Å². The molecule has 72 valence electrons. The minimum Gasteiger partial charge on any atom is -0.323 e. The quantitative estimate of drug-likeness (QED) is 0.340. The summed E-state index contributed by atoms with van der Waals surface area (Å²) in [6.45, 7) is 0. The highest BCUT2D eigenvalue weighted by Gasteiger charge is 2.08. The molecule has 1 aromatic rings. The number of allylic oxidation sites excluding steroid dienone is 1. The molecule has 0 amide bonds. The van der Waals surface area contributed by atoms with E-state index in [2.05, 4.69) is 5.10 Å². The highest BCUT2D eigenvalue weighted by atomic mass is 16.6. The molecule has 0 atom stereocenters. The number of rotatable bonds is 3. The Kier molecular flexibility index (Phi) is 3.37. The first-order valence-corrected chi connectivity index (χ1v) is 3.89. The lowest BCUT2D eigenvalue weighted by Gasteiger charge is -1.94. The van der Waals surface area contributed by atoms with Crippen LogP contribution in [0.15, 0.2) is 35.4 Å². The van der Waals surface area contributed by atoms with Gasteiger partial charge >= 0.3 is 0 Å². The van der Waals surface area contributed by atoms with Crippen LogP contribution in [0.1, 0.15) is 5.56 Å². The van der Waals surface area contributed by atoms with E-state index in [-0.39, 0.29) is 5.69 Å². The number of hydrogen-bond acceptors (Lipinski definition) is 4. The Morgan fingerprint density at radius 1 is 1.43 bits per heavy atom. The summed E-state index contributed by atoms with van der Waals surface area (Å²) < 4.78 is 0. The van der Waals surface area contributed by atoms with Crippen molar-refractivity contribution in [3.8, 4) is 0 Å². The van der Waals surface area contributed by atoms with Gasteiger partial charge in [-0.25, -0.2) is 0 Å². The van der Waals surface area contributed by atoms with E-state index in [9.17, 15) is 10.1 Å². The molecule has 0 aliphatic rings. The van der Waals surface area contributed by atoms with Crippen LogP contribution in [0.4, 0.5) is 5.69 Å². The average molecular weight is 191 g/mol. The first kappa shape index (κ1) is 9.91. The summed E-state index contributed by atoms with van der Waals surface area (Å²) in [7, 11) is 0. The summed E-state index contributed by atoms with van der Waals surface area (Å²) in [5.74, 6) is 4.87. The van der Waals surface area contributed by atoms with Gasteiger partial charge in [0, 0.05) is 12.3 Å². The summed E-state index contributed by atoms with van der Waals surface area (Å²) in [4.78, 5) is 10.1. The minimum absolute atomic E-state index is 0.0640. The van der Waals surface area contributed by atoms with Crippen LogP contribution in [0, 0.1) is 10.1 Å². The van der Waals surface area contributed by atoms with Gasteiger partial charge in [0.05, 0.1) is 10.5 Å². The van der Waals surface area contributed by atoms with Gasteiger partial charge in [0.1, 0.15) is 0 Å². The number of hydrogen-bond donors (Lipinski definition) is 1. The summed E-state index contributed by atoms with van der Waals surface area (Å²) in [6, 6.07) is 6.44. The Morgan fingerprint density at radius 2 is 2.14 bits per heavy atom. The smallest absolute Gasteiger partial charge is 0.276 e. The van der Waals surface area contributed by atoms with E-state index in [0.717, 1.165) is 0 Å². The van der Waals surface area contributed by atoms with E-state index < -0.39 is 4.92 Å². The topological polar surface area (TPSA) is 81.5 Å². The molecule has 0 unspecified atom stereocenters. The predicted octanol–water partition coefficient (Wildman–Crippen LogP) is 1.55. The molecule has 0 fully saturated rings. The number of nitro benzene ring substituents is 1. The maximum atomic E-state index is 10.6. The van der Waals surface area contributed by atoms with Gasteiger partial charge in [0.15, 0.2) is 0 Å². The summed E-state index contributed by atoms with van der Waals surface area (Å²) in [6.07, 6.45) is 4.48. The lowest BCUT2D eigenvalue weighted by Crippen LogP contribution is -1.90. The third kappa shape index (κ3) is 2.41. The van der Waals surface area contributed by atoms with Crippen LogP contribution in [0.5, 0.6) is 0 Å². The van der Waals surface area contributed by atoms with Crippen molar-refractivity contribution in [3.05, 3.63) is 46.0 Å². The molecule has 14 heavy (non-hydrogen) atoms. The molecule has 5 heteroatoms. The molecule has 0 radical (unpaired) electrons. The van der Waals surface area contributed by atoms with Crippen molar-refractivity contribution in [1.82, 2.24) is 0 Å². The van der Waals surface area contributed by atoms with Crippen LogP contribution >= 0.6 is 0 Å². The van der Waals surface area contributed by atoms with Gasteiger partial charge in [0.25, 0.3) is 5.69 Å². The van der Waals surface area contributed by atoms with Crippen LogP contribution in [-0.4, -0.2) is 11.1 Å². The third-order valence-electron chi connectivity index (χ3n) is 1.58. The lowest BCUT2D eigenvalue weighted by molar-refractivity contribution is -0.385. The molecular weight excluding hydrogens is 182 g/mol. The number of para-hydroxylation sites is 1. The fourth-order valence-corrected chi connectivity index (χ4v) is 0.991. The van der Waals surface area contributed by atoms with Crippen molar-refractivity contribution in [2.75, 3.05) is 0 Å². The van der Waals surface area contributed by atoms with Crippen LogP contribution in [0.3, 0.4) is 0 Å². The Morgan fingerprint density at radius 3 is 2.79 bits per heavy atom. The second-order valence-electron chi connectivity index (χ2n) is 2.47. The molecule has 0 spiro atoms. The van der Waals surface area contributed by atoms with Gasteiger partial charge in [-0.15, -0.1) is 0 Å². The molecule has 1 rings (SSSR count). The monoisotopic (exact) mass is 191 g/mol. The third-order valence-corrected chi connectivity index (χ3v) is 1.58. The number of hydrazone groups is 1. The molecule has 0 saturated carbocycles. The van der Waals surface area contributed by atoms with Gasteiger partial charge in [-0.1, -0.05) is 12.1 Å². The van der Waals surface area contributed by atoms with Crippen LogP contribution in [-0.2, 0) is 0 Å². The normalized spacial score (nSPS) is 11.1. The molecule has 0 bridgehead atoms. The summed E-state index contributed by atoms with van der Waals surface area (Å²) >= 11 is 0. The zero-order valence-corrected chi connectivity index (χ0v) is 7.33. The summed E-state index contributed by atoms with van der Waals surface area (Å²) in [5, 5.41) is 13.8. The fraction of sp³-hybridized carbons (Fsp3) is 0. The van der Waals surface area contributed by atoms with Crippen molar-refractivity contribution in [1.29, 1.82) is 0 Å². The average Bonchev–Trinajstić information content (AvgIpc) is 2.19. The van der Waals surface area contributed by atoms with Crippen molar-refractivity contribution in [2.24, 2.45) is 10.9 Å². The highest BCUT2D eigenvalue weighted by molar-refractivity contribution is 5.79. The van der Waals surface area contributed by atoms with E-state index in [4.69, 9.17) is 5.84 Å². The molecule has 0 aromatic heterocycles. The predicted molar refractivity (Wildman–Crippen MR) is 54.8 cm³/mol. The second-order valence-corrected chi connectivity index (χ2v) is 2.47. The zero-order valence-electron chi connectivity index (χ0n) is 7.33.